The van der Waals surface area contributed by atoms with E-state index in [-0.39, 0.29) is 0 Å². The van der Waals surface area contributed by atoms with Gasteiger partial charge in [0, 0.05) is 5.56 Å². The van der Waals surface area contributed by atoms with Gasteiger partial charge in [0.15, 0.2) is 9.84 Å². The Hall–Kier alpha value is -1.65. The molecule has 21 heavy (non-hydrogen) atoms. The van der Waals surface area contributed by atoms with Crippen molar-refractivity contribution in [3.8, 4) is 11.1 Å². The lowest BCUT2D eigenvalue weighted by atomic mass is 10.1. The lowest BCUT2D eigenvalue weighted by Gasteiger charge is -2.24. The van der Waals surface area contributed by atoms with Crippen LogP contribution in [0, 0.1) is 0 Å². The van der Waals surface area contributed by atoms with Crippen LogP contribution in [-0.2, 0) is 9.84 Å². The second-order valence-corrected chi connectivity index (χ2v) is 7.44. The molecule has 2 aromatic rings. The second-order valence-electron chi connectivity index (χ2n) is 5.35. The predicted molar refractivity (Wildman–Crippen MR) is 84.7 cm³/mol. The van der Waals surface area contributed by atoms with Crippen LogP contribution in [0.2, 0.25) is 0 Å². The highest BCUT2D eigenvalue weighted by Crippen LogP contribution is 2.30. The van der Waals surface area contributed by atoms with E-state index in [0.29, 0.717) is 11.3 Å². The fraction of sp³-hybridized carbons (Fsp3) is 0.294. The average Bonchev–Trinajstić information content (AvgIpc) is 2.56. The van der Waals surface area contributed by atoms with Crippen LogP contribution in [-0.4, -0.2) is 20.3 Å². The van der Waals surface area contributed by atoms with Crippen LogP contribution in [0.3, 0.4) is 0 Å². The van der Waals surface area contributed by atoms with Crippen molar-refractivity contribution in [3.05, 3.63) is 54.6 Å². The average molecular weight is 301 g/mol. The molecule has 3 nitrogen and oxygen atoms in total. The van der Waals surface area contributed by atoms with E-state index in [1.54, 1.807) is 12.1 Å². The quantitative estimate of drug-likeness (QED) is 0.947. The van der Waals surface area contributed by atoms with Gasteiger partial charge in [-0.05, 0) is 37.4 Å². The molecule has 0 amide bonds. The van der Waals surface area contributed by atoms with E-state index >= 15 is 0 Å². The van der Waals surface area contributed by atoms with Crippen LogP contribution < -0.4 is 5.32 Å². The van der Waals surface area contributed by atoms with Gasteiger partial charge in [0.25, 0.3) is 0 Å². The summed E-state index contributed by atoms with van der Waals surface area (Å²) in [5, 5.41) is 2.69. The molecule has 1 saturated heterocycles. The van der Waals surface area contributed by atoms with Crippen LogP contribution in [0.25, 0.3) is 11.1 Å². The SMILES string of the molecule is O=S(=O)(c1ccccc1-c1ccccc1)C1CCCCN1. The van der Waals surface area contributed by atoms with Crippen molar-refractivity contribution >= 4 is 9.84 Å². The van der Waals surface area contributed by atoms with E-state index < -0.39 is 15.2 Å². The molecule has 1 N–H and O–H groups in total. The first-order valence-corrected chi connectivity index (χ1v) is 8.86. The molecule has 2 aromatic carbocycles. The molecule has 1 unspecified atom stereocenters. The molecular formula is C17H19NO2S. The Balaban J connectivity index is 2.06. The minimum absolute atomic E-state index is 0.426. The minimum atomic E-state index is -3.35. The van der Waals surface area contributed by atoms with Gasteiger partial charge in [0.2, 0.25) is 0 Å². The van der Waals surface area contributed by atoms with Crippen LogP contribution in [0.15, 0.2) is 59.5 Å². The first-order chi connectivity index (χ1) is 10.2. The molecule has 1 aliphatic rings. The Morgan fingerprint density at radius 2 is 1.62 bits per heavy atom. The summed E-state index contributed by atoms with van der Waals surface area (Å²) in [5.74, 6) is 0. The van der Waals surface area contributed by atoms with E-state index in [4.69, 9.17) is 0 Å². The Morgan fingerprint density at radius 1 is 0.905 bits per heavy atom. The van der Waals surface area contributed by atoms with Crippen LogP contribution in [0.1, 0.15) is 19.3 Å². The monoisotopic (exact) mass is 301 g/mol. The second kappa shape index (κ2) is 6.00. The van der Waals surface area contributed by atoms with Crippen LogP contribution in [0.4, 0.5) is 0 Å². The van der Waals surface area contributed by atoms with Gasteiger partial charge in [-0.25, -0.2) is 8.42 Å². The van der Waals surface area contributed by atoms with Gasteiger partial charge in [-0.2, -0.15) is 0 Å². The smallest absolute Gasteiger partial charge is 0.194 e. The van der Waals surface area contributed by atoms with Crippen molar-refractivity contribution in [3.63, 3.8) is 0 Å². The fourth-order valence-electron chi connectivity index (χ4n) is 2.81. The molecule has 4 heteroatoms. The molecule has 110 valence electrons. The number of rotatable bonds is 3. The predicted octanol–water partition coefficient (Wildman–Crippen LogP) is 3.23. The van der Waals surface area contributed by atoms with Crippen molar-refractivity contribution in [1.82, 2.24) is 5.32 Å². The highest BCUT2D eigenvalue weighted by molar-refractivity contribution is 7.92. The standard InChI is InChI=1S/C17H19NO2S/c19-21(20,17-12-6-7-13-18-17)16-11-5-4-10-15(16)14-8-2-1-3-9-14/h1-5,8-11,17-18H,6-7,12-13H2. The van der Waals surface area contributed by atoms with E-state index in [9.17, 15) is 8.42 Å². The minimum Gasteiger partial charge on any atom is -0.301 e. The molecule has 3 rings (SSSR count). The molecule has 0 radical (unpaired) electrons. The summed E-state index contributed by atoms with van der Waals surface area (Å²) in [6.45, 7) is 0.775. The fourth-order valence-corrected chi connectivity index (χ4v) is 4.69. The Morgan fingerprint density at radius 3 is 2.33 bits per heavy atom. The van der Waals surface area contributed by atoms with E-state index in [1.807, 2.05) is 42.5 Å². The molecule has 0 bridgehead atoms. The summed E-state index contributed by atoms with van der Waals surface area (Å²) in [5.41, 5.74) is 1.72. The third-order valence-corrected chi connectivity index (χ3v) is 6.04. The number of sulfone groups is 1. The van der Waals surface area contributed by atoms with Gasteiger partial charge in [0.05, 0.1) is 4.90 Å². The lowest BCUT2D eigenvalue weighted by Crippen LogP contribution is -2.40. The van der Waals surface area contributed by atoms with Crippen molar-refractivity contribution in [2.75, 3.05) is 6.54 Å². The summed E-state index contributed by atoms with van der Waals surface area (Å²) >= 11 is 0. The number of hydrogen-bond donors (Lipinski definition) is 1. The van der Waals surface area contributed by atoms with Gasteiger partial charge in [-0.15, -0.1) is 0 Å². The molecule has 0 aliphatic carbocycles. The normalized spacial score (nSPS) is 19.3. The van der Waals surface area contributed by atoms with Gasteiger partial charge in [-0.3, -0.25) is 0 Å². The van der Waals surface area contributed by atoms with E-state index in [1.165, 1.54) is 0 Å². The summed E-state index contributed by atoms with van der Waals surface area (Å²) < 4.78 is 25.8. The number of nitrogens with one attached hydrogen (secondary N) is 1. The van der Waals surface area contributed by atoms with Crippen molar-refractivity contribution in [2.24, 2.45) is 0 Å². The molecular weight excluding hydrogens is 282 g/mol. The third-order valence-electron chi connectivity index (χ3n) is 3.92. The van der Waals surface area contributed by atoms with E-state index in [0.717, 1.165) is 30.5 Å². The Bertz CT molecular complexity index is 705. The van der Waals surface area contributed by atoms with Gasteiger partial charge >= 0.3 is 0 Å². The van der Waals surface area contributed by atoms with Gasteiger partial charge < -0.3 is 5.32 Å². The van der Waals surface area contributed by atoms with E-state index in [2.05, 4.69) is 5.32 Å². The van der Waals surface area contributed by atoms with Crippen molar-refractivity contribution in [2.45, 2.75) is 29.5 Å². The summed E-state index contributed by atoms with van der Waals surface area (Å²) in [6.07, 6.45) is 2.70. The molecule has 1 fully saturated rings. The first-order valence-electron chi connectivity index (χ1n) is 7.31. The molecule has 1 aliphatic heterocycles. The molecule has 0 spiro atoms. The highest BCUT2D eigenvalue weighted by Gasteiger charge is 2.30. The summed E-state index contributed by atoms with van der Waals surface area (Å²) in [4.78, 5) is 0.426. The largest absolute Gasteiger partial charge is 0.301 e. The maximum Gasteiger partial charge on any atom is 0.194 e. The first kappa shape index (κ1) is 14.3. The Labute approximate surface area is 125 Å². The number of benzene rings is 2. The zero-order valence-corrected chi connectivity index (χ0v) is 12.6. The Kier molecular flexibility index (Phi) is 4.08. The maximum atomic E-state index is 12.9. The van der Waals surface area contributed by atoms with Gasteiger partial charge in [0.1, 0.15) is 5.37 Å². The summed E-state index contributed by atoms with van der Waals surface area (Å²) in [6, 6.07) is 17.0. The summed E-state index contributed by atoms with van der Waals surface area (Å²) in [7, 11) is -3.35. The zero-order valence-electron chi connectivity index (χ0n) is 11.8. The lowest BCUT2D eigenvalue weighted by molar-refractivity contribution is 0.461. The number of hydrogen-bond acceptors (Lipinski definition) is 3. The van der Waals surface area contributed by atoms with Crippen molar-refractivity contribution in [1.29, 1.82) is 0 Å². The zero-order chi connectivity index (χ0) is 14.7. The maximum absolute atomic E-state index is 12.9. The van der Waals surface area contributed by atoms with Crippen molar-refractivity contribution < 1.29 is 8.42 Å². The van der Waals surface area contributed by atoms with Gasteiger partial charge in [-0.1, -0.05) is 48.5 Å². The van der Waals surface area contributed by atoms with Crippen LogP contribution >= 0.6 is 0 Å². The molecule has 1 heterocycles. The number of piperidine rings is 1. The molecule has 0 aromatic heterocycles. The van der Waals surface area contributed by atoms with Crippen LogP contribution in [0.5, 0.6) is 0 Å². The molecule has 1 atom stereocenters. The molecule has 0 saturated carbocycles. The highest BCUT2D eigenvalue weighted by atomic mass is 32.2. The topological polar surface area (TPSA) is 46.2 Å². The third kappa shape index (κ3) is 2.87.